The van der Waals surface area contributed by atoms with Gasteiger partial charge in [-0.15, -0.1) is 0 Å². The minimum absolute atomic E-state index is 0. The molecule has 90 valence electrons. The number of hydrogen-bond donors (Lipinski definition) is 0. The topological polar surface area (TPSA) is 6.48 Å². The van der Waals surface area contributed by atoms with Crippen molar-refractivity contribution in [3.05, 3.63) is 12.4 Å². The van der Waals surface area contributed by atoms with E-state index in [9.17, 15) is 0 Å². The lowest BCUT2D eigenvalue weighted by Gasteiger charge is -2.17. The molecule has 1 aliphatic heterocycles. The van der Waals surface area contributed by atoms with E-state index in [2.05, 4.69) is 36.2 Å². The number of hydrogen-bond acceptors (Lipinski definition) is 2. The van der Waals surface area contributed by atoms with E-state index in [0.29, 0.717) is 0 Å². The van der Waals surface area contributed by atoms with Gasteiger partial charge in [0.05, 0.1) is 6.67 Å². The number of unbranched alkanes of at least 4 members (excludes halogenated alkanes) is 1. The predicted octanol–water partition coefficient (Wildman–Crippen LogP) is 2.07. The van der Waals surface area contributed by atoms with Crippen molar-refractivity contribution in [1.29, 1.82) is 0 Å². The van der Waals surface area contributed by atoms with Crippen LogP contribution in [0.3, 0.4) is 0 Å². The lowest BCUT2D eigenvalue weighted by atomic mass is 10.3. The molecule has 0 radical (unpaired) electrons. The Labute approximate surface area is 82.0 Å². The maximum Gasteiger partial charge on any atom is 0.0890 e. The molecule has 0 fully saturated rings. The van der Waals surface area contributed by atoms with E-state index in [1.54, 1.807) is 0 Å². The molecule has 0 N–H and O–H groups in total. The third-order valence-electron chi connectivity index (χ3n) is 1.74. The molecule has 0 saturated heterocycles. The molecule has 1 heterocycles. The van der Waals surface area contributed by atoms with E-state index in [4.69, 9.17) is 0 Å². The lowest BCUT2D eigenvalue weighted by molar-refractivity contribution is 0.293. The van der Waals surface area contributed by atoms with Gasteiger partial charge in [-0.25, -0.2) is 0 Å². The van der Waals surface area contributed by atoms with Crippen molar-refractivity contribution in [3.8, 4) is 0 Å². The molecule has 0 spiro atoms. The van der Waals surface area contributed by atoms with Gasteiger partial charge in [-0.05, 0) is 6.42 Å². The van der Waals surface area contributed by atoms with Gasteiger partial charge in [0.2, 0.25) is 0 Å². The van der Waals surface area contributed by atoms with Crippen LogP contribution in [0.2, 0.25) is 0 Å². The average molecular weight is 220 g/mol. The van der Waals surface area contributed by atoms with Gasteiger partial charge in [0.25, 0.3) is 0 Å². The summed E-state index contributed by atoms with van der Waals surface area (Å²) in [6.45, 7) is 4.50. The highest BCUT2D eigenvalue weighted by Crippen LogP contribution is 2.04. The Balaban J connectivity index is -0.000000125. The molecule has 0 aromatic rings. The Kier molecular flexibility index (Phi) is 19.9. The highest BCUT2D eigenvalue weighted by Gasteiger charge is 2.05. The van der Waals surface area contributed by atoms with Crippen LogP contribution in [0, 0.1) is 0 Å². The van der Waals surface area contributed by atoms with Crippen LogP contribution >= 0.6 is 0 Å². The quantitative estimate of drug-likeness (QED) is 0.672. The van der Waals surface area contributed by atoms with Gasteiger partial charge in [0.15, 0.2) is 0 Å². The average Bonchev–Trinajstić information content (AvgIpc) is 2.31. The van der Waals surface area contributed by atoms with Crippen LogP contribution in [0.15, 0.2) is 12.4 Å². The molecule has 0 aromatic heterocycles. The molecule has 0 aromatic carbocycles. The van der Waals surface area contributed by atoms with Crippen molar-refractivity contribution in [2.45, 2.75) is 19.8 Å². The Morgan fingerprint density at radius 3 is 2.00 bits per heavy atom. The van der Waals surface area contributed by atoms with E-state index < -0.39 is 0 Å². The maximum atomic E-state index is 2.34. The minimum Gasteiger partial charge on any atom is -0.362 e. The summed E-state index contributed by atoms with van der Waals surface area (Å²) in [5, 5.41) is 0. The Morgan fingerprint density at radius 2 is 1.64 bits per heavy atom. The molecule has 0 bridgehead atoms. The van der Waals surface area contributed by atoms with Crippen molar-refractivity contribution in [2.75, 3.05) is 20.3 Å². The molecule has 0 saturated carbocycles. The first-order valence-corrected chi connectivity index (χ1v) is 3.95. The molecule has 0 amide bonds. The molecule has 14 heavy (non-hydrogen) atoms. The standard InChI is InChI=1S/C8H16N2.4FH/c1-3-4-5-10-7-6-9(2)8-10;;;;/h6-7H,3-5,8H2,1-2H3;4*1H. The molecule has 0 atom stereocenters. The van der Waals surface area contributed by atoms with Crippen molar-refractivity contribution >= 4 is 0 Å². The minimum atomic E-state index is 0. The zero-order chi connectivity index (χ0) is 7.40. The molecule has 0 aliphatic carbocycles. The third-order valence-corrected chi connectivity index (χ3v) is 1.74. The molecular formula is C8H20F4N2. The second-order valence-corrected chi connectivity index (χ2v) is 2.86. The summed E-state index contributed by atoms with van der Waals surface area (Å²) in [5.74, 6) is 0. The second-order valence-electron chi connectivity index (χ2n) is 2.86. The predicted molar refractivity (Wildman–Crippen MR) is 53.4 cm³/mol. The van der Waals surface area contributed by atoms with Gasteiger partial charge in [0, 0.05) is 26.0 Å². The van der Waals surface area contributed by atoms with Gasteiger partial charge in [0.1, 0.15) is 0 Å². The molecule has 2 nitrogen and oxygen atoms in total. The third kappa shape index (κ3) is 7.70. The molecule has 1 aliphatic rings. The number of halogens is 4. The van der Waals surface area contributed by atoms with E-state index in [-0.39, 0.29) is 18.8 Å². The van der Waals surface area contributed by atoms with Crippen LogP contribution in [-0.4, -0.2) is 30.1 Å². The van der Waals surface area contributed by atoms with Crippen molar-refractivity contribution in [2.24, 2.45) is 0 Å². The van der Waals surface area contributed by atoms with Gasteiger partial charge in [-0.2, -0.15) is 0 Å². The fraction of sp³-hybridized carbons (Fsp3) is 0.750. The van der Waals surface area contributed by atoms with Crippen LogP contribution < -0.4 is 0 Å². The maximum absolute atomic E-state index is 2.34. The largest absolute Gasteiger partial charge is 0.362 e. The van der Waals surface area contributed by atoms with Crippen LogP contribution in [-0.2, 0) is 0 Å². The Morgan fingerprint density at radius 1 is 1.07 bits per heavy atom. The fourth-order valence-electron chi connectivity index (χ4n) is 1.10. The van der Waals surface area contributed by atoms with Gasteiger partial charge in [-0.3, -0.25) is 18.8 Å². The van der Waals surface area contributed by atoms with E-state index in [1.165, 1.54) is 19.4 Å². The first-order chi connectivity index (χ1) is 4.83. The monoisotopic (exact) mass is 220 g/mol. The molecule has 1 rings (SSSR count). The molecular weight excluding hydrogens is 200 g/mol. The Bertz CT molecular complexity index is 133. The van der Waals surface area contributed by atoms with Gasteiger partial charge < -0.3 is 9.80 Å². The smallest absolute Gasteiger partial charge is 0.0890 e. The summed E-state index contributed by atoms with van der Waals surface area (Å²) >= 11 is 0. The van der Waals surface area contributed by atoms with Crippen molar-refractivity contribution in [1.82, 2.24) is 9.80 Å². The van der Waals surface area contributed by atoms with Gasteiger partial charge >= 0.3 is 0 Å². The summed E-state index contributed by atoms with van der Waals surface area (Å²) in [6.07, 6.45) is 6.87. The summed E-state index contributed by atoms with van der Waals surface area (Å²) in [7, 11) is 2.10. The van der Waals surface area contributed by atoms with E-state index in [0.717, 1.165) is 6.67 Å². The van der Waals surface area contributed by atoms with Crippen LogP contribution in [0.25, 0.3) is 0 Å². The highest BCUT2D eigenvalue weighted by molar-refractivity contribution is 4.88. The van der Waals surface area contributed by atoms with Gasteiger partial charge in [-0.1, -0.05) is 13.3 Å². The summed E-state index contributed by atoms with van der Waals surface area (Å²) in [6, 6.07) is 0. The summed E-state index contributed by atoms with van der Waals surface area (Å²) < 4.78 is 0. The molecule has 0 unspecified atom stereocenters. The van der Waals surface area contributed by atoms with E-state index in [1.807, 2.05) is 0 Å². The van der Waals surface area contributed by atoms with Crippen LogP contribution in [0.5, 0.6) is 0 Å². The molecule has 6 heteroatoms. The van der Waals surface area contributed by atoms with E-state index >= 15 is 0 Å². The second kappa shape index (κ2) is 12.1. The Hall–Kier alpha value is -0.940. The highest BCUT2D eigenvalue weighted by atomic mass is 19.0. The normalized spacial score (nSPS) is 12.1. The number of nitrogens with zero attached hydrogens (tertiary/aromatic N) is 2. The van der Waals surface area contributed by atoms with Crippen molar-refractivity contribution in [3.63, 3.8) is 0 Å². The van der Waals surface area contributed by atoms with Crippen molar-refractivity contribution < 1.29 is 18.8 Å². The number of rotatable bonds is 3. The fourth-order valence-corrected chi connectivity index (χ4v) is 1.10. The zero-order valence-electron chi connectivity index (χ0n) is 8.51. The lowest BCUT2D eigenvalue weighted by Crippen LogP contribution is -2.23. The summed E-state index contributed by atoms with van der Waals surface area (Å²) in [4.78, 5) is 4.53. The first-order valence-electron chi connectivity index (χ1n) is 3.95. The SMILES string of the molecule is CCCCN1C=CN(C)C1.F.F.F.F. The first kappa shape index (κ1) is 23.1. The van der Waals surface area contributed by atoms with Crippen LogP contribution in [0.4, 0.5) is 18.8 Å². The van der Waals surface area contributed by atoms with Crippen LogP contribution in [0.1, 0.15) is 19.8 Å². The summed E-state index contributed by atoms with van der Waals surface area (Å²) in [5.41, 5.74) is 0. The zero-order valence-corrected chi connectivity index (χ0v) is 8.51.